The maximum Gasteiger partial charge on any atom is 0.313 e. The van der Waals surface area contributed by atoms with Crippen LogP contribution in [0.2, 0.25) is 5.02 Å². The van der Waals surface area contributed by atoms with Gasteiger partial charge in [-0.2, -0.15) is 8.78 Å². The molecule has 68 valence electrons. The Balaban J connectivity index is 2.62. The highest BCUT2D eigenvalue weighted by Gasteiger charge is 2.15. The van der Waals surface area contributed by atoms with Gasteiger partial charge in [0.05, 0.1) is 0 Å². The van der Waals surface area contributed by atoms with Crippen molar-refractivity contribution < 1.29 is 13.2 Å². The number of hydrogen-bond donors (Lipinski definition) is 0. The van der Waals surface area contributed by atoms with Crippen molar-refractivity contribution in [2.24, 2.45) is 0 Å². The highest BCUT2D eigenvalue weighted by molar-refractivity contribution is 6.31. The van der Waals surface area contributed by atoms with Gasteiger partial charge >= 0.3 is 6.43 Å². The monoisotopic (exact) mass is 203 g/mol. The molecule has 2 aromatic rings. The molecule has 1 heterocycles. The minimum absolute atomic E-state index is 0.319. The number of benzene rings is 1. The molecule has 2 nitrogen and oxygen atoms in total. The van der Waals surface area contributed by atoms with Crippen LogP contribution in [0.1, 0.15) is 12.3 Å². The zero-order valence-electron chi connectivity index (χ0n) is 6.30. The number of hydrogen-bond acceptors (Lipinski definition) is 2. The Kier molecular flexibility index (Phi) is 1.92. The van der Waals surface area contributed by atoms with Crippen molar-refractivity contribution in [3.05, 3.63) is 29.1 Å². The molecule has 0 unspecified atom stereocenters. The number of fused-ring (bicyclic) bond motifs is 1. The Morgan fingerprint density at radius 3 is 2.85 bits per heavy atom. The molecule has 0 spiro atoms. The summed E-state index contributed by atoms with van der Waals surface area (Å²) in [7, 11) is 0. The van der Waals surface area contributed by atoms with E-state index in [0.717, 1.165) is 0 Å². The molecule has 0 amide bonds. The smallest absolute Gasteiger partial charge is 0.313 e. The molecule has 0 bridgehead atoms. The molecular weight excluding hydrogens is 200 g/mol. The van der Waals surface area contributed by atoms with Crippen LogP contribution >= 0.6 is 11.6 Å². The summed E-state index contributed by atoms with van der Waals surface area (Å²) in [6.07, 6.45) is -2.69. The predicted octanol–water partition coefficient (Wildman–Crippen LogP) is 3.42. The molecule has 0 saturated carbocycles. The van der Waals surface area contributed by atoms with E-state index in [-0.39, 0.29) is 0 Å². The van der Waals surface area contributed by atoms with Crippen LogP contribution in [0.25, 0.3) is 11.1 Å². The van der Waals surface area contributed by atoms with Gasteiger partial charge in [-0.05, 0) is 18.2 Å². The van der Waals surface area contributed by atoms with Crippen LogP contribution in [0.4, 0.5) is 8.78 Å². The van der Waals surface area contributed by atoms with E-state index in [1.54, 1.807) is 6.07 Å². The van der Waals surface area contributed by atoms with Crippen molar-refractivity contribution in [3.63, 3.8) is 0 Å². The molecule has 0 N–H and O–H groups in total. The third kappa shape index (κ3) is 1.49. The molecule has 5 heteroatoms. The van der Waals surface area contributed by atoms with Crippen LogP contribution in [0.15, 0.2) is 22.6 Å². The molecule has 1 aromatic heterocycles. The first-order valence-corrected chi connectivity index (χ1v) is 3.89. The van der Waals surface area contributed by atoms with Crippen molar-refractivity contribution in [1.29, 1.82) is 0 Å². The lowest BCUT2D eigenvalue weighted by atomic mass is 10.3. The minimum Gasteiger partial charge on any atom is -0.435 e. The SMILES string of the molecule is FC(F)c1nc2cc(Cl)ccc2o1. The van der Waals surface area contributed by atoms with Crippen molar-refractivity contribution in [3.8, 4) is 0 Å². The fourth-order valence-electron chi connectivity index (χ4n) is 1.01. The molecule has 0 radical (unpaired) electrons. The lowest BCUT2D eigenvalue weighted by Crippen LogP contribution is -1.80. The first-order valence-electron chi connectivity index (χ1n) is 3.51. The van der Waals surface area contributed by atoms with Gasteiger partial charge in [-0.3, -0.25) is 0 Å². The summed E-state index contributed by atoms with van der Waals surface area (Å²) in [6.45, 7) is 0. The molecule has 0 saturated heterocycles. The largest absolute Gasteiger partial charge is 0.435 e. The van der Waals surface area contributed by atoms with Gasteiger partial charge in [-0.25, -0.2) is 4.98 Å². The fourth-order valence-corrected chi connectivity index (χ4v) is 1.18. The average Bonchev–Trinajstić information content (AvgIpc) is 2.46. The number of rotatable bonds is 1. The van der Waals surface area contributed by atoms with Crippen LogP contribution in [-0.2, 0) is 0 Å². The molecule has 0 atom stereocenters. The van der Waals surface area contributed by atoms with Gasteiger partial charge in [0.25, 0.3) is 5.89 Å². The maximum atomic E-state index is 12.1. The molecule has 0 aliphatic rings. The fraction of sp³-hybridized carbons (Fsp3) is 0.125. The van der Waals surface area contributed by atoms with E-state index in [1.165, 1.54) is 12.1 Å². The van der Waals surface area contributed by atoms with E-state index in [0.29, 0.717) is 16.1 Å². The normalized spacial score (nSPS) is 11.4. The molecule has 0 aliphatic carbocycles. The molecule has 13 heavy (non-hydrogen) atoms. The molecular formula is C8H4ClF2NO. The zero-order valence-corrected chi connectivity index (χ0v) is 7.05. The number of alkyl halides is 2. The summed E-state index contributed by atoms with van der Waals surface area (Å²) in [5.41, 5.74) is 0.669. The summed E-state index contributed by atoms with van der Waals surface area (Å²) in [6, 6.07) is 4.55. The van der Waals surface area contributed by atoms with Crippen molar-refractivity contribution in [1.82, 2.24) is 4.98 Å². The second kappa shape index (κ2) is 2.96. The molecule has 0 aliphatic heterocycles. The maximum absolute atomic E-state index is 12.1. The van der Waals surface area contributed by atoms with Gasteiger partial charge in [0.1, 0.15) is 5.52 Å². The Labute approximate surface area is 77.1 Å². The number of aromatic nitrogens is 1. The van der Waals surface area contributed by atoms with Crippen molar-refractivity contribution in [2.75, 3.05) is 0 Å². The van der Waals surface area contributed by atoms with Crippen LogP contribution < -0.4 is 0 Å². The van der Waals surface area contributed by atoms with E-state index in [9.17, 15) is 8.78 Å². The number of halogens is 3. The van der Waals surface area contributed by atoms with Crippen molar-refractivity contribution >= 4 is 22.7 Å². The number of oxazole rings is 1. The third-order valence-corrected chi connectivity index (χ3v) is 1.79. The lowest BCUT2D eigenvalue weighted by Gasteiger charge is -1.86. The van der Waals surface area contributed by atoms with E-state index >= 15 is 0 Å². The summed E-state index contributed by atoms with van der Waals surface area (Å²) in [4.78, 5) is 3.57. The quantitative estimate of drug-likeness (QED) is 0.710. The van der Waals surface area contributed by atoms with Crippen LogP contribution in [0, 0.1) is 0 Å². The highest BCUT2D eigenvalue weighted by atomic mass is 35.5. The summed E-state index contributed by atoms with van der Waals surface area (Å²) < 4.78 is 29.0. The average molecular weight is 204 g/mol. The van der Waals surface area contributed by atoms with E-state index in [1.807, 2.05) is 0 Å². The Morgan fingerprint density at radius 1 is 1.38 bits per heavy atom. The highest BCUT2D eigenvalue weighted by Crippen LogP contribution is 2.25. The Morgan fingerprint density at radius 2 is 2.15 bits per heavy atom. The first-order chi connectivity index (χ1) is 6.16. The van der Waals surface area contributed by atoms with Gasteiger partial charge in [0, 0.05) is 5.02 Å². The van der Waals surface area contributed by atoms with Gasteiger partial charge in [0.2, 0.25) is 0 Å². The summed E-state index contributed by atoms with van der Waals surface area (Å²) >= 11 is 5.64. The Hall–Kier alpha value is -1.16. The topological polar surface area (TPSA) is 26.0 Å². The van der Waals surface area contributed by atoms with E-state index in [4.69, 9.17) is 16.0 Å². The lowest BCUT2D eigenvalue weighted by molar-refractivity contribution is 0.117. The summed E-state index contributed by atoms with van der Waals surface area (Å²) in [5, 5.41) is 0.446. The molecule has 1 aromatic carbocycles. The third-order valence-electron chi connectivity index (χ3n) is 1.55. The predicted molar refractivity (Wildman–Crippen MR) is 44.0 cm³/mol. The van der Waals surface area contributed by atoms with Gasteiger partial charge in [-0.15, -0.1) is 0 Å². The second-order valence-electron chi connectivity index (χ2n) is 2.46. The van der Waals surface area contributed by atoms with Gasteiger partial charge in [-0.1, -0.05) is 11.6 Å². The van der Waals surface area contributed by atoms with Crippen LogP contribution in [0.3, 0.4) is 0 Å². The van der Waals surface area contributed by atoms with Crippen molar-refractivity contribution in [2.45, 2.75) is 6.43 Å². The Bertz CT molecular complexity index is 441. The van der Waals surface area contributed by atoms with E-state index in [2.05, 4.69) is 4.98 Å². The standard InChI is InChI=1S/C8H4ClF2NO/c9-4-1-2-6-5(3-4)12-8(13-6)7(10)11/h1-3,7H. The second-order valence-corrected chi connectivity index (χ2v) is 2.90. The van der Waals surface area contributed by atoms with Gasteiger partial charge < -0.3 is 4.42 Å². The number of nitrogens with zero attached hydrogens (tertiary/aromatic N) is 1. The summed E-state index contributed by atoms with van der Waals surface area (Å²) in [5.74, 6) is -0.572. The molecule has 2 rings (SSSR count). The van der Waals surface area contributed by atoms with Gasteiger partial charge in [0.15, 0.2) is 5.58 Å². The zero-order chi connectivity index (χ0) is 9.42. The van der Waals surface area contributed by atoms with Crippen LogP contribution in [-0.4, -0.2) is 4.98 Å². The van der Waals surface area contributed by atoms with E-state index < -0.39 is 12.3 Å². The van der Waals surface area contributed by atoms with Crippen LogP contribution in [0.5, 0.6) is 0 Å². The minimum atomic E-state index is -2.69. The molecule has 0 fully saturated rings. The first kappa shape index (κ1) is 8.44.